The second kappa shape index (κ2) is 4.65. The summed E-state index contributed by atoms with van der Waals surface area (Å²) < 4.78 is 4.92. The van der Waals surface area contributed by atoms with Crippen LogP contribution in [0.1, 0.15) is 18.0 Å². The molecule has 1 atom stereocenters. The number of carbonyl (C=O) groups excluding carboxylic acids is 1. The van der Waals surface area contributed by atoms with E-state index in [1.54, 1.807) is 12.1 Å². The molecule has 0 aliphatic rings. The fourth-order valence-electron chi connectivity index (χ4n) is 1.26. The topological polar surface area (TPSA) is 98.6 Å². The van der Waals surface area contributed by atoms with Gasteiger partial charge >= 0.3 is 0 Å². The Morgan fingerprint density at radius 1 is 1.60 bits per heavy atom. The molecule has 0 saturated heterocycles. The number of phenolic OH excluding ortho intramolecular Hbond substituents is 1. The third-order valence-electron chi connectivity index (χ3n) is 2.05. The van der Waals surface area contributed by atoms with Crippen molar-refractivity contribution >= 4 is 5.91 Å². The van der Waals surface area contributed by atoms with Crippen molar-refractivity contribution in [3.8, 4) is 11.5 Å². The van der Waals surface area contributed by atoms with E-state index in [0.717, 1.165) is 0 Å². The molecule has 0 fully saturated rings. The third-order valence-corrected chi connectivity index (χ3v) is 2.05. The van der Waals surface area contributed by atoms with Crippen molar-refractivity contribution in [2.75, 3.05) is 7.11 Å². The Hall–Kier alpha value is -1.75. The van der Waals surface area contributed by atoms with Crippen LogP contribution in [0.3, 0.4) is 0 Å². The monoisotopic (exact) mass is 210 g/mol. The van der Waals surface area contributed by atoms with Crippen LogP contribution >= 0.6 is 0 Å². The maximum atomic E-state index is 10.7. The summed E-state index contributed by atoms with van der Waals surface area (Å²) in [7, 11) is 1.44. The first-order chi connectivity index (χ1) is 7.04. The number of hydrogen-bond acceptors (Lipinski definition) is 4. The second-order valence-corrected chi connectivity index (χ2v) is 3.21. The smallest absolute Gasteiger partial charge is 0.219 e. The minimum Gasteiger partial charge on any atom is -0.504 e. The molecule has 82 valence electrons. The van der Waals surface area contributed by atoms with Crippen LogP contribution in [0.5, 0.6) is 11.5 Å². The lowest BCUT2D eigenvalue weighted by Gasteiger charge is -2.11. The fraction of sp³-hybridized carbons (Fsp3) is 0.300. The minimum absolute atomic E-state index is 0.0347. The lowest BCUT2D eigenvalue weighted by atomic mass is 10.0. The first-order valence-electron chi connectivity index (χ1n) is 4.45. The van der Waals surface area contributed by atoms with Crippen molar-refractivity contribution < 1.29 is 14.6 Å². The molecule has 1 aromatic rings. The SMILES string of the molecule is COc1cc(C(N)CC(N)=O)ccc1O. The Balaban J connectivity index is 2.90. The summed E-state index contributed by atoms with van der Waals surface area (Å²) in [5.41, 5.74) is 11.5. The average Bonchev–Trinajstić information content (AvgIpc) is 2.17. The summed E-state index contributed by atoms with van der Waals surface area (Å²) in [4.78, 5) is 10.7. The maximum Gasteiger partial charge on any atom is 0.219 e. The number of nitrogens with two attached hydrogens (primary N) is 2. The van der Waals surface area contributed by atoms with Crippen LogP contribution in [0.25, 0.3) is 0 Å². The minimum atomic E-state index is -0.475. The maximum absolute atomic E-state index is 10.7. The van der Waals surface area contributed by atoms with E-state index in [9.17, 15) is 9.90 Å². The zero-order valence-electron chi connectivity index (χ0n) is 8.43. The van der Waals surface area contributed by atoms with E-state index < -0.39 is 11.9 Å². The summed E-state index contributed by atoms with van der Waals surface area (Å²) in [6, 6.07) is 4.21. The Morgan fingerprint density at radius 3 is 2.80 bits per heavy atom. The van der Waals surface area contributed by atoms with E-state index in [-0.39, 0.29) is 12.2 Å². The van der Waals surface area contributed by atoms with Gasteiger partial charge in [-0.15, -0.1) is 0 Å². The van der Waals surface area contributed by atoms with E-state index in [2.05, 4.69) is 0 Å². The molecule has 15 heavy (non-hydrogen) atoms. The number of phenols is 1. The van der Waals surface area contributed by atoms with E-state index >= 15 is 0 Å². The zero-order chi connectivity index (χ0) is 11.4. The number of carbonyl (C=O) groups is 1. The van der Waals surface area contributed by atoms with Gasteiger partial charge in [0.25, 0.3) is 0 Å². The van der Waals surface area contributed by atoms with Crippen LogP contribution < -0.4 is 16.2 Å². The van der Waals surface area contributed by atoms with E-state index in [4.69, 9.17) is 16.2 Å². The summed E-state index contributed by atoms with van der Waals surface area (Å²) in [6.45, 7) is 0. The largest absolute Gasteiger partial charge is 0.504 e. The Kier molecular flexibility index (Phi) is 3.51. The number of benzene rings is 1. The van der Waals surface area contributed by atoms with E-state index in [1.807, 2.05) is 0 Å². The first kappa shape index (κ1) is 11.3. The van der Waals surface area contributed by atoms with Crippen LogP contribution in [-0.4, -0.2) is 18.1 Å². The summed E-state index contributed by atoms with van der Waals surface area (Å²) in [5.74, 6) is -0.102. The van der Waals surface area contributed by atoms with Gasteiger partial charge in [-0.2, -0.15) is 0 Å². The highest BCUT2D eigenvalue weighted by molar-refractivity contribution is 5.74. The second-order valence-electron chi connectivity index (χ2n) is 3.21. The highest BCUT2D eigenvalue weighted by atomic mass is 16.5. The number of aromatic hydroxyl groups is 1. The number of ether oxygens (including phenoxy) is 1. The predicted molar refractivity (Wildman–Crippen MR) is 55.4 cm³/mol. The van der Waals surface area contributed by atoms with Crippen molar-refractivity contribution in [2.24, 2.45) is 11.5 Å². The average molecular weight is 210 g/mol. The molecule has 0 aliphatic heterocycles. The lowest BCUT2D eigenvalue weighted by molar-refractivity contribution is -0.118. The number of primary amides is 1. The number of rotatable bonds is 4. The van der Waals surface area contributed by atoms with Gasteiger partial charge in [0.05, 0.1) is 7.11 Å². The molecule has 0 saturated carbocycles. The van der Waals surface area contributed by atoms with Gasteiger partial charge in [0.1, 0.15) is 0 Å². The number of hydrogen-bond donors (Lipinski definition) is 3. The fourth-order valence-corrected chi connectivity index (χ4v) is 1.26. The van der Waals surface area contributed by atoms with Crippen molar-refractivity contribution in [3.63, 3.8) is 0 Å². The summed E-state index contributed by atoms with van der Waals surface area (Å²) in [6.07, 6.45) is 0.0634. The molecule has 5 N–H and O–H groups in total. The molecule has 1 unspecified atom stereocenters. The molecule has 5 heteroatoms. The Labute approximate surface area is 87.6 Å². The van der Waals surface area contributed by atoms with Crippen LogP contribution in [0, 0.1) is 0 Å². The quantitative estimate of drug-likeness (QED) is 0.664. The molecule has 0 spiro atoms. The van der Waals surface area contributed by atoms with Gasteiger partial charge < -0.3 is 21.3 Å². The highest BCUT2D eigenvalue weighted by Gasteiger charge is 2.11. The van der Waals surface area contributed by atoms with Crippen molar-refractivity contribution in [2.45, 2.75) is 12.5 Å². The van der Waals surface area contributed by atoms with Crippen LogP contribution in [-0.2, 0) is 4.79 Å². The molecular weight excluding hydrogens is 196 g/mol. The van der Waals surface area contributed by atoms with Gasteiger partial charge in [-0.25, -0.2) is 0 Å². The highest BCUT2D eigenvalue weighted by Crippen LogP contribution is 2.28. The van der Waals surface area contributed by atoms with Gasteiger partial charge in [0, 0.05) is 12.5 Å². The Morgan fingerprint density at radius 2 is 2.27 bits per heavy atom. The molecule has 1 aromatic carbocycles. The van der Waals surface area contributed by atoms with Gasteiger partial charge in [-0.1, -0.05) is 6.07 Å². The van der Waals surface area contributed by atoms with Crippen LogP contribution in [0.15, 0.2) is 18.2 Å². The van der Waals surface area contributed by atoms with Crippen molar-refractivity contribution in [1.82, 2.24) is 0 Å². The summed E-state index contributed by atoms with van der Waals surface area (Å²) >= 11 is 0. The molecule has 0 aliphatic carbocycles. The van der Waals surface area contributed by atoms with E-state index in [0.29, 0.717) is 11.3 Å². The number of methoxy groups -OCH3 is 1. The zero-order valence-corrected chi connectivity index (χ0v) is 8.43. The molecule has 1 amide bonds. The molecule has 1 rings (SSSR count). The van der Waals surface area contributed by atoms with Gasteiger partial charge in [0.15, 0.2) is 11.5 Å². The van der Waals surface area contributed by atoms with Crippen molar-refractivity contribution in [3.05, 3.63) is 23.8 Å². The molecule has 0 bridgehead atoms. The molecule has 0 radical (unpaired) electrons. The Bertz CT molecular complexity index is 366. The third kappa shape index (κ3) is 2.85. The van der Waals surface area contributed by atoms with Crippen molar-refractivity contribution in [1.29, 1.82) is 0 Å². The normalized spacial score (nSPS) is 12.1. The predicted octanol–water partition coefficient (Wildman–Crippen LogP) is 0.276. The first-order valence-corrected chi connectivity index (χ1v) is 4.45. The number of amides is 1. The summed E-state index contributed by atoms with van der Waals surface area (Å²) in [5, 5.41) is 9.34. The molecule has 0 heterocycles. The lowest BCUT2D eigenvalue weighted by Crippen LogP contribution is -2.20. The van der Waals surface area contributed by atoms with Crippen LogP contribution in [0.4, 0.5) is 0 Å². The van der Waals surface area contributed by atoms with Crippen LogP contribution in [0.2, 0.25) is 0 Å². The molecule has 5 nitrogen and oxygen atoms in total. The van der Waals surface area contributed by atoms with Gasteiger partial charge in [-0.05, 0) is 17.7 Å². The van der Waals surface area contributed by atoms with Gasteiger partial charge in [-0.3, -0.25) is 4.79 Å². The molecular formula is C10H14N2O3. The van der Waals surface area contributed by atoms with Gasteiger partial charge in [0.2, 0.25) is 5.91 Å². The molecule has 0 aromatic heterocycles. The van der Waals surface area contributed by atoms with E-state index in [1.165, 1.54) is 13.2 Å². The standard InChI is InChI=1S/C10H14N2O3/c1-15-9-4-6(2-3-8(9)13)7(11)5-10(12)14/h2-4,7,13H,5,11H2,1H3,(H2,12,14).